The van der Waals surface area contributed by atoms with Crippen LogP contribution in [0.15, 0.2) is 66.8 Å². The number of nitrogens with one attached hydrogen (secondary N) is 1. The summed E-state index contributed by atoms with van der Waals surface area (Å²) in [4.78, 5) is 2.55. The van der Waals surface area contributed by atoms with Crippen LogP contribution in [0, 0.1) is 0 Å². The summed E-state index contributed by atoms with van der Waals surface area (Å²) >= 11 is 0. The second-order valence-electron chi connectivity index (χ2n) is 4.98. The van der Waals surface area contributed by atoms with Gasteiger partial charge >= 0.3 is 0 Å². The maximum absolute atomic E-state index is 3.77. The quantitative estimate of drug-likeness (QED) is 0.824. The van der Waals surface area contributed by atoms with Gasteiger partial charge in [-0.05, 0) is 18.1 Å². The van der Waals surface area contributed by atoms with Crippen LogP contribution in [0.2, 0.25) is 0 Å². The van der Waals surface area contributed by atoms with Gasteiger partial charge in [0.2, 0.25) is 0 Å². The van der Waals surface area contributed by atoms with Gasteiger partial charge in [-0.2, -0.15) is 0 Å². The molecular weight excluding hydrogens is 244 g/mol. The van der Waals surface area contributed by atoms with Gasteiger partial charge in [-0.1, -0.05) is 61.2 Å². The van der Waals surface area contributed by atoms with Crippen molar-refractivity contribution in [3.05, 3.63) is 72.4 Å². The third-order valence-electron chi connectivity index (χ3n) is 3.71. The van der Waals surface area contributed by atoms with Crippen LogP contribution in [0.5, 0.6) is 0 Å². The molecule has 2 heteroatoms. The van der Waals surface area contributed by atoms with Crippen LogP contribution in [0.1, 0.15) is 18.5 Å². The number of allylic oxidation sites excluding steroid dienone is 3. The molecule has 1 heterocycles. The molecule has 1 aromatic rings. The lowest BCUT2D eigenvalue weighted by Crippen LogP contribution is -2.45. The average Bonchev–Trinajstić information content (AvgIpc) is 2.53. The predicted molar refractivity (Wildman–Crippen MR) is 86.7 cm³/mol. The van der Waals surface area contributed by atoms with Crippen molar-refractivity contribution in [1.82, 2.24) is 10.2 Å². The fourth-order valence-corrected chi connectivity index (χ4v) is 2.71. The van der Waals surface area contributed by atoms with Crippen molar-refractivity contribution < 1.29 is 0 Å². The summed E-state index contributed by atoms with van der Waals surface area (Å²) in [6, 6.07) is 11.1. The number of rotatable bonds is 5. The van der Waals surface area contributed by atoms with E-state index in [0.29, 0.717) is 6.04 Å². The molecule has 1 atom stereocenters. The minimum Gasteiger partial charge on any atom is -0.314 e. The maximum atomic E-state index is 3.77. The third kappa shape index (κ3) is 3.69. The Bertz CT molecular complexity index is 467. The van der Waals surface area contributed by atoms with Gasteiger partial charge in [0, 0.05) is 26.2 Å². The summed E-state index contributed by atoms with van der Waals surface area (Å²) in [5.74, 6) is 0. The second kappa shape index (κ2) is 7.83. The Hall–Kier alpha value is -1.64. The largest absolute Gasteiger partial charge is 0.314 e. The van der Waals surface area contributed by atoms with Crippen molar-refractivity contribution in [1.29, 1.82) is 0 Å². The molecule has 1 saturated heterocycles. The number of hydrogen-bond acceptors (Lipinski definition) is 2. The van der Waals surface area contributed by atoms with E-state index in [1.807, 2.05) is 12.2 Å². The molecule has 0 amide bonds. The Morgan fingerprint density at radius 1 is 1.25 bits per heavy atom. The standard InChI is InChI=1S/C18H24N2/c1-3-5-9-16(4-2)18(17-10-7-6-8-11-17)20-14-12-19-13-15-20/h3-11,18-19H,1,12-15H2,2H3/b9-5-,16-4+. The van der Waals surface area contributed by atoms with E-state index < -0.39 is 0 Å². The Morgan fingerprint density at radius 3 is 2.55 bits per heavy atom. The average molecular weight is 268 g/mol. The third-order valence-corrected chi connectivity index (χ3v) is 3.71. The molecule has 0 saturated carbocycles. The normalized spacial score (nSPS) is 19.1. The Morgan fingerprint density at radius 2 is 1.95 bits per heavy atom. The van der Waals surface area contributed by atoms with Crippen LogP contribution in [0.4, 0.5) is 0 Å². The highest BCUT2D eigenvalue weighted by atomic mass is 15.2. The van der Waals surface area contributed by atoms with Crippen LogP contribution in [0.3, 0.4) is 0 Å². The van der Waals surface area contributed by atoms with E-state index in [-0.39, 0.29) is 0 Å². The van der Waals surface area contributed by atoms with Gasteiger partial charge in [0.1, 0.15) is 0 Å². The van der Waals surface area contributed by atoms with Gasteiger partial charge < -0.3 is 5.32 Å². The second-order valence-corrected chi connectivity index (χ2v) is 4.98. The minimum atomic E-state index is 0.333. The summed E-state index contributed by atoms with van der Waals surface area (Å²) in [6.45, 7) is 10.2. The summed E-state index contributed by atoms with van der Waals surface area (Å²) in [7, 11) is 0. The summed E-state index contributed by atoms with van der Waals surface area (Å²) in [5, 5.41) is 3.43. The van der Waals surface area contributed by atoms with Gasteiger partial charge in [0.25, 0.3) is 0 Å². The number of piperazine rings is 1. The van der Waals surface area contributed by atoms with Crippen molar-refractivity contribution in [2.75, 3.05) is 26.2 Å². The van der Waals surface area contributed by atoms with Crippen LogP contribution in [0.25, 0.3) is 0 Å². The Kier molecular flexibility index (Phi) is 5.78. The maximum Gasteiger partial charge on any atom is 0.0599 e. The van der Waals surface area contributed by atoms with E-state index in [4.69, 9.17) is 0 Å². The molecule has 2 nitrogen and oxygen atoms in total. The smallest absolute Gasteiger partial charge is 0.0599 e. The fraction of sp³-hybridized carbons (Fsp3) is 0.333. The SMILES string of the molecule is C=C/C=C\C(=C/C)C(c1ccccc1)N1CCNCC1. The monoisotopic (exact) mass is 268 g/mol. The van der Waals surface area contributed by atoms with E-state index in [1.54, 1.807) is 0 Å². The zero-order valence-electron chi connectivity index (χ0n) is 12.3. The molecular formula is C18H24N2. The molecule has 0 aliphatic carbocycles. The van der Waals surface area contributed by atoms with Crippen LogP contribution in [-0.2, 0) is 0 Å². The van der Waals surface area contributed by atoms with Crippen molar-refractivity contribution in [2.45, 2.75) is 13.0 Å². The molecule has 0 spiro atoms. The van der Waals surface area contributed by atoms with Crippen molar-refractivity contribution in [3.8, 4) is 0 Å². The first-order chi connectivity index (χ1) is 9.86. The Balaban J connectivity index is 2.32. The van der Waals surface area contributed by atoms with E-state index in [0.717, 1.165) is 26.2 Å². The fourth-order valence-electron chi connectivity index (χ4n) is 2.71. The first-order valence-electron chi connectivity index (χ1n) is 7.32. The first-order valence-corrected chi connectivity index (χ1v) is 7.32. The molecule has 1 aromatic carbocycles. The topological polar surface area (TPSA) is 15.3 Å². The molecule has 1 fully saturated rings. The minimum absolute atomic E-state index is 0.333. The van der Waals surface area contributed by atoms with Gasteiger partial charge in [0.15, 0.2) is 0 Å². The van der Waals surface area contributed by atoms with Crippen molar-refractivity contribution >= 4 is 0 Å². The van der Waals surface area contributed by atoms with Crippen LogP contribution in [-0.4, -0.2) is 31.1 Å². The highest BCUT2D eigenvalue weighted by Gasteiger charge is 2.23. The number of nitrogens with zero attached hydrogens (tertiary/aromatic N) is 1. The van der Waals surface area contributed by atoms with Crippen molar-refractivity contribution in [3.63, 3.8) is 0 Å². The molecule has 1 aliphatic rings. The van der Waals surface area contributed by atoms with Crippen LogP contribution < -0.4 is 5.32 Å². The molecule has 0 aromatic heterocycles. The number of hydrogen-bond donors (Lipinski definition) is 1. The highest BCUT2D eigenvalue weighted by molar-refractivity contribution is 5.35. The lowest BCUT2D eigenvalue weighted by atomic mass is 9.95. The summed E-state index contributed by atoms with van der Waals surface area (Å²) in [5.41, 5.74) is 2.69. The summed E-state index contributed by atoms with van der Waals surface area (Å²) in [6.07, 6.45) is 8.24. The van der Waals surface area contributed by atoms with E-state index in [9.17, 15) is 0 Å². The zero-order valence-corrected chi connectivity index (χ0v) is 12.3. The lowest BCUT2D eigenvalue weighted by molar-refractivity contribution is 0.198. The molecule has 1 aliphatic heterocycles. The molecule has 1 unspecified atom stereocenters. The van der Waals surface area contributed by atoms with Crippen LogP contribution >= 0.6 is 0 Å². The lowest BCUT2D eigenvalue weighted by Gasteiger charge is -2.36. The van der Waals surface area contributed by atoms with Crippen molar-refractivity contribution in [2.24, 2.45) is 0 Å². The molecule has 0 radical (unpaired) electrons. The van der Waals surface area contributed by atoms with E-state index in [1.165, 1.54) is 11.1 Å². The van der Waals surface area contributed by atoms with Gasteiger partial charge in [-0.3, -0.25) is 4.90 Å². The Labute approximate surface area is 122 Å². The molecule has 20 heavy (non-hydrogen) atoms. The van der Waals surface area contributed by atoms with Gasteiger partial charge in [0.05, 0.1) is 6.04 Å². The molecule has 106 valence electrons. The zero-order chi connectivity index (χ0) is 14.2. The highest BCUT2D eigenvalue weighted by Crippen LogP contribution is 2.29. The molecule has 2 rings (SSSR count). The molecule has 1 N–H and O–H groups in total. The van der Waals surface area contributed by atoms with Gasteiger partial charge in [-0.15, -0.1) is 0 Å². The summed E-state index contributed by atoms with van der Waals surface area (Å²) < 4.78 is 0. The number of benzene rings is 1. The van der Waals surface area contributed by atoms with E-state index >= 15 is 0 Å². The van der Waals surface area contributed by atoms with E-state index in [2.05, 4.69) is 66.2 Å². The first kappa shape index (κ1) is 14.8. The molecule has 0 bridgehead atoms. The predicted octanol–water partition coefficient (Wildman–Crippen LogP) is 3.32. The van der Waals surface area contributed by atoms with Gasteiger partial charge in [-0.25, -0.2) is 0 Å².